The van der Waals surface area contributed by atoms with Crippen molar-refractivity contribution in [3.63, 3.8) is 0 Å². The molecule has 0 fully saturated rings. The maximum Gasteiger partial charge on any atom is 0.251 e. The fourth-order valence-corrected chi connectivity index (χ4v) is 4.03. The van der Waals surface area contributed by atoms with Crippen LogP contribution in [0.4, 0.5) is 0 Å². The van der Waals surface area contributed by atoms with Gasteiger partial charge in [0.1, 0.15) is 5.75 Å². The Morgan fingerprint density at radius 1 is 0.964 bits per heavy atom. The van der Waals surface area contributed by atoms with Crippen molar-refractivity contribution in [3.8, 4) is 5.75 Å². The molecule has 0 aliphatic carbocycles. The molecule has 0 spiro atoms. The van der Waals surface area contributed by atoms with Gasteiger partial charge in [-0.3, -0.25) is 4.79 Å². The number of nitrogens with zero attached hydrogens (tertiary/aromatic N) is 2. The molecule has 0 amide bonds. The van der Waals surface area contributed by atoms with Crippen LogP contribution in [0, 0.1) is 0 Å². The van der Waals surface area contributed by atoms with Gasteiger partial charge in [-0.25, -0.2) is 5.01 Å². The fourth-order valence-electron chi connectivity index (χ4n) is 3.77. The molecule has 0 N–H and O–H groups in total. The summed E-state index contributed by atoms with van der Waals surface area (Å²) in [4.78, 5) is 13.3. The molecular formula is C23H17BrN2O2. The number of rotatable bonds is 3. The minimum Gasteiger partial charge on any atom is -0.461 e. The fraction of sp³-hybridized carbons (Fsp3) is 0.130. The van der Waals surface area contributed by atoms with Crippen LogP contribution in [0.2, 0.25) is 0 Å². The smallest absolute Gasteiger partial charge is 0.251 e. The Labute approximate surface area is 171 Å². The lowest BCUT2D eigenvalue weighted by Gasteiger charge is -2.37. The van der Waals surface area contributed by atoms with Gasteiger partial charge in [0.25, 0.3) is 6.23 Å². The Bertz CT molecular complexity index is 1060. The van der Waals surface area contributed by atoms with Crippen LogP contribution in [-0.4, -0.2) is 22.7 Å². The molecule has 3 aromatic rings. The van der Waals surface area contributed by atoms with E-state index < -0.39 is 6.23 Å². The van der Waals surface area contributed by atoms with Gasteiger partial charge in [0.15, 0.2) is 0 Å². The Hall–Kier alpha value is -2.92. The van der Waals surface area contributed by atoms with E-state index in [9.17, 15) is 4.79 Å². The minimum absolute atomic E-state index is 0.00967. The van der Waals surface area contributed by atoms with Gasteiger partial charge in [0.05, 0.1) is 11.8 Å². The first-order chi connectivity index (χ1) is 13.7. The van der Waals surface area contributed by atoms with Crippen molar-refractivity contribution >= 4 is 27.4 Å². The predicted molar refractivity (Wildman–Crippen MR) is 112 cm³/mol. The summed E-state index contributed by atoms with van der Waals surface area (Å²) in [5.74, 6) is 0.661. The summed E-state index contributed by atoms with van der Waals surface area (Å²) in [5.41, 5.74) is 3.72. The second-order valence-electron chi connectivity index (χ2n) is 6.89. The number of hydrogen-bond donors (Lipinski definition) is 0. The van der Waals surface area contributed by atoms with Crippen LogP contribution >= 0.6 is 15.9 Å². The van der Waals surface area contributed by atoms with Gasteiger partial charge in [-0.05, 0) is 23.8 Å². The summed E-state index contributed by atoms with van der Waals surface area (Å²) >= 11 is 3.42. The zero-order chi connectivity index (χ0) is 19.1. The molecule has 0 bridgehead atoms. The molecule has 2 aliphatic rings. The van der Waals surface area contributed by atoms with Gasteiger partial charge in [0.2, 0.25) is 5.78 Å². The van der Waals surface area contributed by atoms with Crippen molar-refractivity contribution in [2.24, 2.45) is 5.10 Å². The summed E-state index contributed by atoms with van der Waals surface area (Å²) in [6, 6.07) is 25.3. The van der Waals surface area contributed by atoms with E-state index in [1.54, 1.807) is 0 Å². The first-order valence-electron chi connectivity index (χ1n) is 9.17. The lowest BCUT2D eigenvalue weighted by molar-refractivity contribution is -0.00455. The van der Waals surface area contributed by atoms with Gasteiger partial charge in [-0.2, -0.15) is 5.10 Å². The highest BCUT2D eigenvalue weighted by Gasteiger charge is 2.43. The highest BCUT2D eigenvalue weighted by molar-refractivity contribution is 9.10. The van der Waals surface area contributed by atoms with Crippen LogP contribution in [0.15, 0.2) is 88.4 Å². The third kappa shape index (κ3) is 2.92. The van der Waals surface area contributed by atoms with Gasteiger partial charge in [-0.1, -0.05) is 76.6 Å². The molecule has 4 nitrogen and oxygen atoms in total. The van der Waals surface area contributed by atoms with Gasteiger partial charge < -0.3 is 4.74 Å². The number of benzene rings is 3. The topological polar surface area (TPSA) is 41.9 Å². The predicted octanol–water partition coefficient (Wildman–Crippen LogP) is 5.20. The molecule has 2 atom stereocenters. The van der Waals surface area contributed by atoms with E-state index in [4.69, 9.17) is 9.84 Å². The van der Waals surface area contributed by atoms with E-state index >= 15 is 0 Å². The van der Waals surface area contributed by atoms with Crippen molar-refractivity contribution in [1.29, 1.82) is 0 Å². The number of Topliss-reactive ketones (excluding diaryl/α,β-unsaturated/α-hetero) is 1. The molecule has 5 rings (SSSR count). The van der Waals surface area contributed by atoms with Crippen LogP contribution in [0.3, 0.4) is 0 Å². The standard InChI is InChI=1S/C23H17BrN2O2/c24-17-12-10-16(11-13-17)22(27)23-26-20(18-8-4-5-9-21(18)28-23)14-19(25-26)15-6-2-1-3-7-15/h1-13,20,23H,14H2. The Kier molecular flexibility index (Phi) is 4.24. The molecule has 2 unspecified atom stereocenters. The molecule has 2 aliphatic heterocycles. The molecule has 0 aromatic heterocycles. The third-order valence-corrected chi connectivity index (χ3v) is 5.69. The van der Waals surface area contributed by atoms with Crippen LogP contribution in [0.5, 0.6) is 5.75 Å². The summed E-state index contributed by atoms with van der Waals surface area (Å²) in [6.07, 6.45) is -0.0311. The minimum atomic E-state index is -0.776. The average molecular weight is 433 g/mol. The molecule has 0 saturated heterocycles. The zero-order valence-corrected chi connectivity index (χ0v) is 16.5. The molecule has 0 radical (unpaired) electrons. The van der Waals surface area contributed by atoms with Crippen LogP contribution in [0.1, 0.15) is 33.9 Å². The highest BCUT2D eigenvalue weighted by Crippen LogP contribution is 2.43. The zero-order valence-electron chi connectivity index (χ0n) is 15.0. The second kappa shape index (κ2) is 6.91. The van der Waals surface area contributed by atoms with Crippen LogP contribution < -0.4 is 4.74 Å². The lowest BCUT2D eigenvalue weighted by Crippen LogP contribution is -2.45. The number of carbonyl (C=O) groups excluding carboxylic acids is 1. The van der Waals surface area contributed by atoms with E-state index in [0.29, 0.717) is 5.56 Å². The summed E-state index contributed by atoms with van der Waals surface area (Å²) in [5, 5.41) is 6.65. The van der Waals surface area contributed by atoms with Crippen molar-refractivity contribution in [3.05, 3.63) is 100 Å². The maximum absolute atomic E-state index is 13.3. The Morgan fingerprint density at radius 3 is 2.46 bits per heavy atom. The molecule has 5 heteroatoms. The highest BCUT2D eigenvalue weighted by atomic mass is 79.9. The Morgan fingerprint density at radius 2 is 1.68 bits per heavy atom. The monoisotopic (exact) mass is 432 g/mol. The number of halogens is 1. The summed E-state index contributed by atoms with van der Waals surface area (Å²) in [6.45, 7) is 0. The van der Waals surface area contributed by atoms with Crippen molar-refractivity contribution < 1.29 is 9.53 Å². The number of carbonyl (C=O) groups is 1. The number of ketones is 1. The molecule has 28 heavy (non-hydrogen) atoms. The van der Waals surface area contributed by atoms with E-state index in [-0.39, 0.29) is 11.8 Å². The molecule has 0 saturated carbocycles. The first-order valence-corrected chi connectivity index (χ1v) is 9.96. The molecular weight excluding hydrogens is 416 g/mol. The van der Waals surface area contributed by atoms with Gasteiger partial charge in [0, 0.05) is 22.0 Å². The lowest BCUT2D eigenvalue weighted by atomic mass is 9.96. The molecule has 3 aromatic carbocycles. The van der Waals surface area contributed by atoms with Gasteiger partial charge >= 0.3 is 0 Å². The van der Waals surface area contributed by atoms with Crippen LogP contribution in [0.25, 0.3) is 0 Å². The normalized spacial score (nSPS) is 20.0. The quantitative estimate of drug-likeness (QED) is 0.533. The first kappa shape index (κ1) is 17.2. The number of hydrazone groups is 1. The number of para-hydroxylation sites is 1. The van der Waals surface area contributed by atoms with E-state index in [0.717, 1.165) is 33.5 Å². The van der Waals surface area contributed by atoms with Crippen LogP contribution in [-0.2, 0) is 0 Å². The Balaban J connectivity index is 1.56. The van der Waals surface area contributed by atoms with E-state index in [1.807, 2.05) is 65.7 Å². The summed E-state index contributed by atoms with van der Waals surface area (Å²) < 4.78 is 7.07. The van der Waals surface area contributed by atoms with E-state index in [1.165, 1.54) is 0 Å². The average Bonchev–Trinajstić information content (AvgIpc) is 3.20. The SMILES string of the molecule is O=C(c1ccc(Br)cc1)C1Oc2ccccc2C2CC(c3ccccc3)=NN12. The van der Waals surface area contributed by atoms with Gasteiger partial charge in [-0.15, -0.1) is 0 Å². The number of ether oxygens (including phenoxy) is 1. The molecule has 2 heterocycles. The third-order valence-electron chi connectivity index (χ3n) is 5.16. The molecule has 138 valence electrons. The number of fused-ring (bicyclic) bond motifs is 3. The largest absolute Gasteiger partial charge is 0.461 e. The number of hydrogen-bond acceptors (Lipinski definition) is 4. The second-order valence-corrected chi connectivity index (χ2v) is 7.81. The van der Waals surface area contributed by atoms with Crippen molar-refractivity contribution in [2.45, 2.75) is 18.7 Å². The maximum atomic E-state index is 13.3. The van der Waals surface area contributed by atoms with E-state index in [2.05, 4.69) is 34.1 Å². The van der Waals surface area contributed by atoms with Crippen molar-refractivity contribution in [1.82, 2.24) is 5.01 Å². The summed E-state index contributed by atoms with van der Waals surface area (Å²) in [7, 11) is 0. The van der Waals surface area contributed by atoms with Crippen molar-refractivity contribution in [2.75, 3.05) is 0 Å².